The molecular formula is C66H45NO2Si2. The van der Waals surface area contributed by atoms with Gasteiger partial charge in [0.15, 0.2) is 16.1 Å². The first-order valence-corrected chi connectivity index (χ1v) is 28.4. The van der Waals surface area contributed by atoms with Gasteiger partial charge >= 0.3 is 0 Å². The fourth-order valence-corrected chi connectivity index (χ4v) is 24.7. The second-order valence-electron chi connectivity index (χ2n) is 18.6. The molecule has 2 aliphatic rings. The van der Waals surface area contributed by atoms with E-state index < -0.39 is 16.1 Å². The Morgan fingerprint density at radius 1 is 0.310 bits per heavy atom. The van der Waals surface area contributed by atoms with E-state index in [0.29, 0.717) is 0 Å². The SMILES string of the molecule is c1ccc(-c2ccccc2-c2ccc(N(c3ccc4c(c3)oc3ccccc34)c3cccc4c3[Si](c3ccccc3)(c3ccccc3)c3ccccc3[Si]43c4ccccc4Oc4ccccc43)cc2)cc1. The number of anilines is 3. The smallest absolute Gasteiger partial charge is 0.188 e. The lowest BCUT2D eigenvalue weighted by Gasteiger charge is -2.51. The average molecular weight is 940 g/mol. The number of benzene rings is 11. The van der Waals surface area contributed by atoms with Crippen LogP contribution in [0, 0.1) is 0 Å². The van der Waals surface area contributed by atoms with Gasteiger partial charge in [0.05, 0.1) is 0 Å². The first-order chi connectivity index (χ1) is 35.2. The Kier molecular flexibility index (Phi) is 9.56. The summed E-state index contributed by atoms with van der Waals surface area (Å²) in [6, 6.07) is 101. The Hall–Kier alpha value is -8.75. The maximum Gasteiger partial charge on any atom is 0.188 e. The summed E-state index contributed by atoms with van der Waals surface area (Å²) in [7, 11) is -6.44. The average Bonchev–Trinajstić information content (AvgIpc) is 3.82. The summed E-state index contributed by atoms with van der Waals surface area (Å²) in [6.07, 6.45) is 0. The number of ether oxygens (including phenoxy) is 1. The highest BCUT2D eigenvalue weighted by Crippen LogP contribution is 2.41. The standard InChI is InChI=1S/C66H45NO2Si2/c1-4-21-46(22-5-1)52-27-10-11-28-53(52)47-39-41-48(42-40-47)67(49-43-44-55-54-29-12-13-31-57(54)68-60(55)45-49)56-30-20-38-65-66(56)70(50-23-6-2-7-24-50,51-25-8-3-9-26-51)63-36-18-19-37-64(63)71(65)61-34-16-14-32-58(61)69-59-33-15-17-35-62(59)71/h1-45H. The third-order valence-corrected chi connectivity index (χ3v) is 25.4. The lowest BCUT2D eigenvalue weighted by atomic mass is 9.94. The first kappa shape index (κ1) is 41.2. The van der Waals surface area contributed by atoms with E-state index in [2.05, 4.69) is 272 Å². The molecule has 1 spiro atoms. The Morgan fingerprint density at radius 2 is 0.789 bits per heavy atom. The largest absolute Gasteiger partial charge is 0.458 e. The molecule has 14 rings (SSSR count). The molecule has 0 unspecified atom stereocenters. The number of furan rings is 1. The summed E-state index contributed by atoms with van der Waals surface area (Å²) in [5.74, 6) is 1.85. The minimum atomic E-state index is -3.26. The van der Waals surface area contributed by atoms with Gasteiger partial charge in [0.1, 0.15) is 22.7 Å². The van der Waals surface area contributed by atoms with Crippen molar-refractivity contribution in [3.05, 3.63) is 273 Å². The zero-order valence-corrected chi connectivity index (χ0v) is 40.7. The van der Waals surface area contributed by atoms with Crippen molar-refractivity contribution >= 4 is 96.6 Å². The highest BCUT2D eigenvalue weighted by molar-refractivity contribution is 7.33. The minimum Gasteiger partial charge on any atom is -0.458 e. The second kappa shape index (κ2) is 16.5. The number of hydrogen-bond acceptors (Lipinski definition) is 3. The maximum absolute atomic E-state index is 6.95. The Balaban J connectivity index is 1.12. The van der Waals surface area contributed by atoms with Crippen molar-refractivity contribution in [1.29, 1.82) is 0 Å². The molecule has 0 bridgehead atoms. The molecule has 2 aliphatic heterocycles. The molecule has 0 radical (unpaired) electrons. The molecule has 0 amide bonds. The summed E-state index contributed by atoms with van der Waals surface area (Å²) in [5, 5.41) is 13.0. The molecular weight excluding hydrogens is 895 g/mol. The van der Waals surface area contributed by atoms with Gasteiger partial charge < -0.3 is 14.1 Å². The summed E-state index contributed by atoms with van der Waals surface area (Å²) >= 11 is 0. The molecule has 5 heteroatoms. The number of nitrogens with zero attached hydrogens (tertiary/aromatic N) is 1. The van der Waals surface area contributed by atoms with Crippen molar-refractivity contribution < 1.29 is 9.15 Å². The van der Waals surface area contributed by atoms with Gasteiger partial charge in [-0.05, 0) is 112 Å². The van der Waals surface area contributed by atoms with Crippen molar-refractivity contribution in [2.24, 2.45) is 0 Å². The minimum absolute atomic E-state index is 0.852. The summed E-state index contributed by atoms with van der Waals surface area (Å²) in [4.78, 5) is 2.53. The van der Waals surface area contributed by atoms with E-state index in [1.807, 2.05) is 6.07 Å². The predicted octanol–water partition coefficient (Wildman–Crippen LogP) is 11.6. The van der Waals surface area contributed by atoms with Crippen LogP contribution >= 0.6 is 0 Å². The van der Waals surface area contributed by atoms with Gasteiger partial charge in [-0.1, -0.05) is 218 Å². The normalized spacial score (nSPS) is 13.7. The zero-order chi connectivity index (χ0) is 46.9. The highest BCUT2D eigenvalue weighted by atomic mass is 28.3. The molecule has 0 aliphatic carbocycles. The van der Waals surface area contributed by atoms with Crippen LogP contribution in [-0.2, 0) is 0 Å². The summed E-state index contributed by atoms with van der Waals surface area (Å²) < 4.78 is 13.7. The van der Waals surface area contributed by atoms with E-state index in [9.17, 15) is 0 Å². The molecule has 11 aromatic carbocycles. The van der Waals surface area contributed by atoms with Gasteiger partial charge in [-0.25, -0.2) is 0 Å². The molecule has 71 heavy (non-hydrogen) atoms. The molecule has 0 saturated carbocycles. The van der Waals surface area contributed by atoms with Crippen LogP contribution in [0.15, 0.2) is 277 Å². The lowest BCUT2D eigenvalue weighted by molar-refractivity contribution is 0.487. The van der Waals surface area contributed by atoms with Crippen LogP contribution < -0.4 is 51.1 Å². The maximum atomic E-state index is 6.95. The zero-order valence-electron chi connectivity index (χ0n) is 38.7. The number of fused-ring (bicyclic) bond motifs is 11. The molecule has 12 aromatic rings. The van der Waals surface area contributed by atoms with Gasteiger partial charge in [-0.3, -0.25) is 0 Å². The molecule has 3 heterocycles. The molecule has 0 saturated heterocycles. The van der Waals surface area contributed by atoms with E-state index >= 15 is 0 Å². The van der Waals surface area contributed by atoms with E-state index in [-0.39, 0.29) is 0 Å². The van der Waals surface area contributed by atoms with Gasteiger partial charge in [0, 0.05) is 33.9 Å². The van der Waals surface area contributed by atoms with E-state index in [1.54, 1.807) is 0 Å². The number of rotatable bonds is 7. The monoisotopic (exact) mass is 939 g/mol. The molecule has 3 nitrogen and oxygen atoms in total. The summed E-state index contributed by atoms with van der Waals surface area (Å²) in [5.41, 5.74) is 9.71. The molecule has 1 aromatic heterocycles. The van der Waals surface area contributed by atoms with Crippen LogP contribution in [0.2, 0.25) is 0 Å². The fraction of sp³-hybridized carbons (Fsp3) is 0. The van der Waals surface area contributed by atoms with E-state index in [1.165, 1.54) is 58.2 Å². The van der Waals surface area contributed by atoms with Crippen LogP contribution in [0.3, 0.4) is 0 Å². The number of para-hydroxylation sites is 3. The van der Waals surface area contributed by atoms with Gasteiger partial charge in [0.2, 0.25) is 0 Å². The van der Waals surface area contributed by atoms with Crippen LogP contribution in [0.1, 0.15) is 0 Å². The third-order valence-electron chi connectivity index (χ3n) is 15.1. The van der Waals surface area contributed by atoms with E-state index in [0.717, 1.165) is 56.1 Å². The van der Waals surface area contributed by atoms with Crippen LogP contribution in [0.5, 0.6) is 11.5 Å². The highest BCUT2D eigenvalue weighted by Gasteiger charge is 2.60. The molecule has 0 N–H and O–H groups in total. The topological polar surface area (TPSA) is 25.6 Å². The van der Waals surface area contributed by atoms with E-state index in [4.69, 9.17) is 9.15 Å². The summed E-state index contributed by atoms with van der Waals surface area (Å²) in [6.45, 7) is 0. The molecule has 0 atom stereocenters. The lowest BCUT2D eigenvalue weighted by Crippen LogP contribution is -2.93. The van der Waals surface area contributed by atoms with Crippen molar-refractivity contribution in [1.82, 2.24) is 0 Å². The third kappa shape index (κ3) is 6.13. The first-order valence-electron chi connectivity index (χ1n) is 24.4. The van der Waals surface area contributed by atoms with Crippen molar-refractivity contribution in [2.45, 2.75) is 0 Å². The Morgan fingerprint density at radius 3 is 1.44 bits per heavy atom. The van der Waals surface area contributed by atoms with Crippen molar-refractivity contribution in [2.75, 3.05) is 4.90 Å². The van der Waals surface area contributed by atoms with Crippen molar-refractivity contribution in [3.63, 3.8) is 0 Å². The van der Waals surface area contributed by atoms with Gasteiger partial charge in [-0.2, -0.15) is 0 Å². The van der Waals surface area contributed by atoms with Gasteiger partial charge in [0.25, 0.3) is 0 Å². The molecule has 334 valence electrons. The number of hydrogen-bond donors (Lipinski definition) is 0. The quantitative estimate of drug-likeness (QED) is 0.149. The second-order valence-corrected chi connectivity index (χ2v) is 26.0. The predicted molar refractivity (Wildman–Crippen MR) is 300 cm³/mol. The van der Waals surface area contributed by atoms with Crippen LogP contribution in [-0.4, -0.2) is 16.1 Å². The Labute approximate surface area is 415 Å². The van der Waals surface area contributed by atoms with Crippen LogP contribution in [0.25, 0.3) is 44.2 Å². The Bertz CT molecular complexity index is 3900. The fourth-order valence-electron chi connectivity index (χ4n) is 12.2. The van der Waals surface area contributed by atoms with Crippen molar-refractivity contribution in [3.8, 4) is 33.8 Å². The van der Waals surface area contributed by atoms with Gasteiger partial charge in [-0.15, -0.1) is 0 Å². The molecule has 0 fully saturated rings. The van der Waals surface area contributed by atoms with Crippen LogP contribution in [0.4, 0.5) is 17.1 Å².